The second kappa shape index (κ2) is 7.96. The van der Waals surface area contributed by atoms with Crippen molar-refractivity contribution in [3.05, 3.63) is 96.6 Å². The minimum absolute atomic E-state index is 0.340. The summed E-state index contributed by atoms with van der Waals surface area (Å²) in [5.74, 6) is 5.65. The second-order valence-electron chi connectivity index (χ2n) is 5.93. The molecular weight excluding hydrogens is 327 g/mol. The molecule has 0 aliphatic rings. The van der Waals surface area contributed by atoms with Crippen molar-refractivity contribution in [2.75, 3.05) is 6.16 Å². The van der Waals surface area contributed by atoms with Gasteiger partial charge in [0.25, 0.3) is 0 Å². The molecule has 3 nitrogen and oxygen atoms in total. The zero-order chi connectivity index (χ0) is 17.5. The Bertz CT molecular complexity index is 834. The van der Waals surface area contributed by atoms with Crippen LogP contribution in [0.2, 0.25) is 0 Å². The SMILES string of the molecule is N/N=C(\Cc1ccccc1)CP(=O)(c1ccccc1)c1ccccc1. The summed E-state index contributed by atoms with van der Waals surface area (Å²) in [5, 5.41) is 5.62. The Labute approximate surface area is 148 Å². The van der Waals surface area contributed by atoms with E-state index in [1.165, 1.54) is 0 Å². The van der Waals surface area contributed by atoms with Gasteiger partial charge in [-0.05, 0) is 5.56 Å². The summed E-state index contributed by atoms with van der Waals surface area (Å²) in [6, 6.07) is 29.2. The second-order valence-corrected chi connectivity index (χ2v) is 8.76. The minimum Gasteiger partial charge on any atom is -0.323 e. The van der Waals surface area contributed by atoms with Gasteiger partial charge in [-0.25, -0.2) is 0 Å². The molecule has 3 aromatic rings. The van der Waals surface area contributed by atoms with Crippen molar-refractivity contribution in [3.63, 3.8) is 0 Å². The van der Waals surface area contributed by atoms with Crippen molar-refractivity contribution in [2.45, 2.75) is 6.42 Å². The van der Waals surface area contributed by atoms with Gasteiger partial charge in [-0.15, -0.1) is 0 Å². The fourth-order valence-electron chi connectivity index (χ4n) is 2.90. The third-order valence-electron chi connectivity index (χ3n) is 4.19. The first kappa shape index (κ1) is 17.2. The molecule has 0 saturated heterocycles. The summed E-state index contributed by atoms with van der Waals surface area (Å²) in [7, 11) is -2.84. The molecule has 4 heteroatoms. The van der Waals surface area contributed by atoms with Gasteiger partial charge in [0.05, 0.1) is 0 Å². The lowest BCUT2D eigenvalue weighted by Crippen LogP contribution is -2.24. The lowest BCUT2D eigenvalue weighted by atomic mass is 10.1. The molecule has 0 aliphatic carbocycles. The van der Waals surface area contributed by atoms with Gasteiger partial charge in [-0.2, -0.15) is 5.10 Å². The molecule has 0 spiro atoms. The molecule has 0 unspecified atom stereocenters. The van der Waals surface area contributed by atoms with Crippen LogP contribution in [0.5, 0.6) is 0 Å². The van der Waals surface area contributed by atoms with Crippen LogP contribution in [0.3, 0.4) is 0 Å². The van der Waals surface area contributed by atoms with Crippen molar-refractivity contribution in [1.29, 1.82) is 0 Å². The third-order valence-corrected chi connectivity index (χ3v) is 7.26. The topological polar surface area (TPSA) is 55.4 Å². The van der Waals surface area contributed by atoms with Crippen LogP contribution in [0, 0.1) is 0 Å². The Hall–Kier alpha value is -2.64. The Morgan fingerprint density at radius 1 is 0.760 bits per heavy atom. The first-order chi connectivity index (χ1) is 12.2. The van der Waals surface area contributed by atoms with Gasteiger partial charge in [0.2, 0.25) is 0 Å². The molecule has 0 aromatic heterocycles. The maximum absolute atomic E-state index is 14.0. The monoisotopic (exact) mass is 348 g/mol. The average molecular weight is 348 g/mol. The summed E-state index contributed by atoms with van der Waals surface area (Å²) in [4.78, 5) is 0. The van der Waals surface area contributed by atoms with Gasteiger partial charge in [0.15, 0.2) is 0 Å². The van der Waals surface area contributed by atoms with Crippen LogP contribution in [0.1, 0.15) is 5.56 Å². The lowest BCUT2D eigenvalue weighted by Gasteiger charge is -2.20. The van der Waals surface area contributed by atoms with Crippen LogP contribution in [-0.2, 0) is 11.0 Å². The van der Waals surface area contributed by atoms with Crippen LogP contribution < -0.4 is 16.5 Å². The van der Waals surface area contributed by atoms with Gasteiger partial charge < -0.3 is 10.4 Å². The molecule has 126 valence electrons. The number of rotatable bonds is 6. The van der Waals surface area contributed by atoms with Crippen molar-refractivity contribution >= 4 is 23.5 Å². The van der Waals surface area contributed by atoms with Crippen LogP contribution in [0.15, 0.2) is 96.1 Å². The predicted octanol–water partition coefficient (Wildman–Crippen LogP) is 3.56. The first-order valence-corrected chi connectivity index (χ1v) is 10.1. The Kier molecular flexibility index (Phi) is 5.47. The van der Waals surface area contributed by atoms with E-state index >= 15 is 0 Å². The highest BCUT2D eigenvalue weighted by Gasteiger charge is 2.29. The highest BCUT2D eigenvalue weighted by Crippen LogP contribution is 2.43. The van der Waals surface area contributed by atoms with E-state index in [1.807, 2.05) is 91.0 Å². The smallest absolute Gasteiger partial charge is 0.148 e. The van der Waals surface area contributed by atoms with Gasteiger partial charge >= 0.3 is 0 Å². The third kappa shape index (κ3) is 4.07. The molecule has 3 rings (SSSR count). The largest absolute Gasteiger partial charge is 0.323 e. The predicted molar refractivity (Wildman–Crippen MR) is 106 cm³/mol. The van der Waals surface area contributed by atoms with E-state index in [1.54, 1.807) is 0 Å². The summed E-state index contributed by atoms with van der Waals surface area (Å²) < 4.78 is 14.0. The van der Waals surface area contributed by atoms with Crippen molar-refractivity contribution < 1.29 is 4.57 Å². The fourth-order valence-corrected chi connectivity index (χ4v) is 5.58. The maximum atomic E-state index is 14.0. The molecule has 0 saturated carbocycles. The molecule has 0 bridgehead atoms. The zero-order valence-electron chi connectivity index (χ0n) is 14.0. The Morgan fingerprint density at radius 3 is 1.64 bits per heavy atom. The van der Waals surface area contributed by atoms with E-state index in [2.05, 4.69) is 5.10 Å². The molecule has 0 atom stereocenters. The van der Waals surface area contributed by atoms with E-state index in [-0.39, 0.29) is 0 Å². The van der Waals surface area contributed by atoms with E-state index in [9.17, 15) is 4.57 Å². The average Bonchev–Trinajstić information content (AvgIpc) is 2.69. The van der Waals surface area contributed by atoms with Gasteiger partial charge in [-0.3, -0.25) is 0 Å². The fraction of sp³-hybridized carbons (Fsp3) is 0.0952. The molecule has 0 aliphatic heterocycles. The van der Waals surface area contributed by atoms with Crippen LogP contribution >= 0.6 is 7.14 Å². The number of benzene rings is 3. The lowest BCUT2D eigenvalue weighted by molar-refractivity contribution is 0.589. The van der Waals surface area contributed by atoms with E-state index < -0.39 is 7.14 Å². The van der Waals surface area contributed by atoms with E-state index in [0.717, 1.165) is 21.9 Å². The normalized spacial score (nSPS) is 12.1. The molecule has 0 heterocycles. The van der Waals surface area contributed by atoms with Crippen molar-refractivity contribution in [2.24, 2.45) is 10.9 Å². The van der Waals surface area contributed by atoms with E-state index in [0.29, 0.717) is 12.6 Å². The zero-order valence-corrected chi connectivity index (χ0v) is 14.8. The Balaban J connectivity index is 1.97. The molecule has 25 heavy (non-hydrogen) atoms. The summed E-state index contributed by atoms with van der Waals surface area (Å²) in [6.07, 6.45) is 0.938. The molecule has 2 N–H and O–H groups in total. The van der Waals surface area contributed by atoms with Crippen LogP contribution in [-0.4, -0.2) is 11.9 Å². The number of nitrogens with two attached hydrogens (primary N) is 1. The highest BCUT2D eigenvalue weighted by atomic mass is 31.2. The first-order valence-electron chi connectivity index (χ1n) is 8.22. The molecule has 0 fully saturated rings. The number of nitrogens with zero attached hydrogens (tertiary/aromatic N) is 1. The van der Waals surface area contributed by atoms with Crippen molar-refractivity contribution in [3.8, 4) is 0 Å². The number of hydrogen-bond acceptors (Lipinski definition) is 3. The summed E-state index contributed by atoms with van der Waals surface area (Å²) >= 11 is 0. The van der Waals surface area contributed by atoms with Crippen LogP contribution in [0.4, 0.5) is 0 Å². The van der Waals surface area contributed by atoms with Gasteiger partial charge in [0, 0.05) is 28.9 Å². The molecule has 3 aromatic carbocycles. The van der Waals surface area contributed by atoms with Crippen molar-refractivity contribution in [1.82, 2.24) is 0 Å². The molecule has 0 amide bonds. The maximum Gasteiger partial charge on any atom is 0.148 e. The molecule has 0 radical (unpaired) electrons. The summed E-state index contributed by atoms with van der Waals surface area (Å²) in [5.41, 5.74) is 1.85. The standard InChI is InChI=1S/C21H21N2OP/c22-23-19(16-18-10-4-1-5-11-18)17-25(24,20-12-6-2-7-13-20)21-14-8-3-9-15-21/h1-15H,16-17,22H2/b23-19+. The van der Waals surface area contributed by atoms with Gasteiger partial charge in [0.1, 0.15) is 7.14 Å². The van der Waals surface area contributed by atoms with Crippen LogP contribution in [0.25, 0.3) is 0 Å². The molecular formula is C21H21N2OP. The highest BCUT2D eigenvalue weighted by molar-refractivity contribution is 7.79. The Morgan fingerprint density at radius 2 is 1.20 bits per heavy atom. The quantitative estimate of drug-likeness (QED) is 0.320. The number of hydrazone groups is 1. The van der Waals surface area contributed by atoms with Gasteiger partial charge in [-0.1, -0.05) is 91.0 Å². The minimum atomic E-state index is -2.84. The van der Waals surface area contributed by atoms with E-state index in [4.69, 9.17) is 5.84 Å². The summed E-state index contributed by atoms with van der Waals surface area (Å²) in [6.45, 7) is 0. The number of hydrogen-bond donors (Lipinski definition) is 1.